The fourth-order valence-corrected chi connectivity index (χ4v) is 3.40. The Morgan fingerprint density at radius 2 is 2.23 bits per heavy atom. The van der Waals surface area contributed by atoms with Crippen molar-refractivity contribution < 1.29 is 14.1 Å². The van der Waals surface area contributed by atoms with Crippen molar-refractivity contribution in [3.63, 3.8) is 0 Å². The molecule has 7 heteroatoms. The van der Waals surface area contributed by atoms with Crippen molar-refractivity contribution in [3.05, 3.63) is 17.5 Å². The van der Waals surface area contributed by atoms with E-state index in [1.165, 1.54) is 12.8 Å². The van der Waals surface area contributed by atoms with Gasteiger partial charge in [0.1, 0.15) is 6.61 Å². The van der Waals surface area contributed by atoms with E-state index in [1.807, 2.05) is 4.90 Å². The summed E-state index contributed by atoms with van der Waals surface area (Å²) in [6, 6.07) is 2.33. The summed E-state index contributed by atoms with van der Waals surface area (Å²) in [5.41, 5.74) is 0.388. The monoisotopic (exact) mass is 329 g/mol. The number of rotatable bonds is 4. The van der Waals surface area contributed by atoms with Crippen molar-refractivity contribution in [2.75, 3.05) is 26.7 Å². The van der Waals surface area contributed by atoms with Gasteiger partial charge in [-0.3, -0.25) is 4.79 Å². The van der Waals surface area contributed by atoms with Crippen molar-refractivity contribution in [3.8, 4) is 0 Å². The van der Waals surface area contributed by atoms with Gasteiger partial charge in [-0.1, -0.05) is 5.16 Å². The van der Waals surface area contributed by atoms with Gasteiger partial charge in [0, 0.05) is 32.3 Å². The Morgan fingerprint density at radius 3 is 2.86 bits per heavy atom. The van der Waals surface area contributed by atoms with Crippen LogP contribution in [0.2, 0.25) is 0 Å². The lowest BCUT2D eigenvalue weighted by atomic mass is 9.88. The number of carbonyl (C=O) groups excluding carboxylic acids is 1. The molecule has 0 spiro atoms. The molecule has 6 nitrogen and oxygen atoms in total. The lowest BCUT2D eigenvalue weighted by molar-refractivity contribution is 0.0663. The van der Waals surface area contributed by atoms with Gasteiger partial charge in [0.15, 0.2) is 11.5 Å². The molecular weight excluding hydrogens is 306 g/mol. The van der Waals surface area contributed by atoms with Crippen molar-refractivity contribution in [2.45, 2.75) is 38.3 Å². The van der Waals surface area contributed by atoms with E-state index in [9.17, 15) is 4.79 Å². The average molecular weight is 330 g/mol. The highest BCUT2D eigenvalue weighted by atomic mass is 35.5. The highest BCUT2D eigenvalue weighted by Crippen LogP contribution is 2.26. The van der Waals surface area contributed by atoms with Gasteiger partial charge in [0.05, 0.1) is 0 Å². The summed E-state index contributed by atoms with van der Waals surface area (Å²) in [7, 11) is 1.59. The molecule has 1 N–H and O–H groups in total. The Bertz CT molecular complexity index is 480. The molecule has 0 bridgehead atoms. The van der Waals surface area contributed by atoms with E-state index in [1.54, 1.807) is 13.2 Å². The number of likely N-dealkylation sites (tertiary alicyclic amines) is 1. The van der Waals surface area contributed by atoms with Crippen LogP contribution < -0.4 is 5.32 Å². The molecule has 2 fully saturated rings. The molecule has 0 radical (unpaired) electrons. The number of hydrogen-bond acceptors (Lipinski definition) is 5. The number of hydrogen-bond donors (Lipinski definition) is 1. The largest absolute Gasteiger partial charge is 0.377 e. The highest BCUT2D eigenvalue weighted by Gasteiger charge is 2.31. The smallest absolute Gasteiger partial charge is 0.276 e. The predicted octanol–water partition coefficient (Wildman–Crippen LogP) is 1.85. The molecule has 0 aliphatic carbocycles. The molecule has 1 aromatic rings. The van der Waals surface area contributed by atoms with E-state index in [2.05, 4.69) is 10.5 Å². The molecule has 3 rings (SSSR count). The van der Waals surface area contributed by atoms with Gasteiger partial charge in [-0.2, -0.15) is 0 Å². The van der Waals surface area contributed by atoms with Crippen LogP contribution in [0.15, 0.2) is 10.6 Å². The Balaban J connectivity index is 0.00000176. The van der Waals surface area contributed by atoms with Gasteiger partial charge in [-0.15, -0.1) is 12.4 Å². The Kier molecular flexibility index (Phi) is 6.23. The zero-order valence-electron chi connectivity index (χ0n) is 12.9. The number of piperidine rings is 1. The Labute approximate surface area is 137 Å². The maximum atomic E-state index is 12.4. The first-order valence-corrected chi connectivity index (χ1v) is 7.75. The van der Waals surface area contributed by atoms with E-state index in [-0.39, 0.29) is 18.3 Å². The van der Waals surface area contributed by atoms with E-state index in [0.29, 0.717) is 30.0 Å². The molecule has 2 aliphatic rings. The fraction of sp³-hybridized carbons (Fsp3) is 0.733. The SMILES string of the molecule is COCc1cc(C(=O)N2CCC(C3CCCN3)CC2)no1.Cl. The predicted molar refractivity (Wildman–Crippen MR) is 84.1 cm³/mol. The van der Waals surface area contributed by atoms with Crippen LogP contribution in [-0.4, -0.2) is 48.7 Å². The van der Waals surface area contributed by atoms with Gasteiger partial charge in [-0.05, 0) is 38.1 Å². The third-order valence-electron chi connectivity index (χ3n) is 4.56. The number of nitrogens with one attached hydrogen (secondary N) is 1. The second kappa shape index (κ2) is 7.94. The maximum Gasteiger partial charge on any atom is 0.276 e. The molecule has 1 atom stereocenters. The molecule has 1 aromatic heterocycles. The summed E-state index contributed by atoms with van der Waals surface area (Å²) in [5.74, 6) is 1.27. The fourth-order valence-electron chi connectivity index (χ4n) is 3.40. The summed E-state index contributed by atoms with van der Waals surface area (Å²) < 4.78 is 10.1. The van der Waals surface area contributed by atoms with Crippen LogP contribution in [0, 0.1) is 5.92 Å². The van der Waals surface area contributed by atoms with Crippen LogP contribution in [-0.2, 0) is 11.3 Å². The molecule has 1 amide bonds. The van der Waals surface area contributed by atoms with E-state index in [4.69, 9.17) is 9.26 Å². The number of carbonyl (C=O) groups is 1. The minimum absolute atomic E-state index is 0. The normalized spacial score (nSPS) is 22.6. The minimum Gasteiger partial charge on any atom is -0.377 e. The van der Waals surface area contributed by atoms with Gasteiger partial charge in [0.25, 0.3) is 5.91 Å². The van der Waals surface area contributed by atoms with Gasteiger partial charge in [-0.25, -0.2) is 0 Å². The zero-order chi connectivity index (χ0) is 14.7. The van der Waals surface area contributed by atoms with E-state index in [0.717, 1.165) is 32.5 Å². The van der Waals surface area contributed by atoms with Crippen LogP contribution in [0.1, 0.15) is 41.9 Å². The Morgan fingerprint density at radius 1 is 1.45 bits per heavy atom. The highest BCUT2D eigenvalue weighted by molar-refractivity contribution is 5.92. The molecule has 124 valence electrons. The Hall–Kier alpha value is -1.11. The molecule has 2 saturated heterocycles. The summed E-state index contributed by atoms with van der Waals surface area (Å²) in [4.78, 5) is 14.3. The van der Waals surface area contributed by atoms with Crippen LogP contribution >= 0.6 is 12.4 Å². The zero-order valence-corrected chi connectivity index (χ0v) is 13.7. The summed E-state index contributed by atoms with van der Waals surface area (Å²) >= 11 is 0. The lowest BCUT2D eigenvalue weighted by Crippen LogP contribution is -2.43. The van der Waals surface area contributed by atoms with Crippen molar-refractivity contribution in [1.29, 1.82) is 0 Å². The second-order valence-electron chi connectivity index (χ2n) is 5.94. The summed E-state index contributed by atoms with van der Waals surface area (Å²) in [6.07, 6.45) is 4.71. The number of amides is 1. The van der Waals surface area contributed by atoms with Crippen LogP contribution in [0.3, 0.4) is 0 Å². The topological polar surface area (TPSA) is 67.6 Å². The summed E-state index contributed by atoms with van der Waals surface area (Å²) in [6.45, 7) is 3.11. The maximum absolute atomic E-state index is 12.4. The molecular formula is C15H24ClN3O3. The quantitative estimate of drug-likeness (QED) is 0.913. The van der Waals surface area contributed by atoms with Gasteiger partial charge in [0.2, 0.25) is 0 Å². The molecule has 1 unspecified atom stereocenters. The number of nitrogens with zero attached hydrogens (tertiary/aromatic N) is 2. The van der Waals surface area contributed by atoms with Crippen LogP contribution in [0.25, 0.3) is 0 Å². The first-order valence-electron chi connectivity index (χ1n) is 7.75. The van der Waals surface area contributed by atoms with Crippen molar-refractivity contribution in [2.24, 2.45) is 5.92 Å². The number of ether oxygens (including phenoxy) is 1. The van der Waals surface area contributed by atoms with Crippen molar-refractivity contribution in [1.82, 2.24) is 15.4 Å². The van der Waals surface area contributed by atoms with E-state index >= 15 is 0 Å². The summed E-state index contributed by atoms with van der Waals surface area (Å²) in [5, 5.41) is 7.42. The van der Waals surface area contributed by atoms with Crippen molar-refractivity contribution >= 4 is 18.3 Å². The molecule has 0 aromatic carbocycles. The lowest BCUT2D eigenvalue weighted by Gasteiger charge is -2.34. The second-order valence-corrected chi connectivity index (χ2v) is 5.94. The van der Waals surface area contributed by atoms with Gasteiger partial charge < -0.3 is 19.5 Å². The first kappa shape index (κ1) is 17.2. The first-order chi connectivity index (χ1) is 10.3. The molecule has 2 aliphatic heterocycles. The molecule has 0 saturated carbocycles. The van der Waals surface area contributed by atoms with Gasteiger partial charge >= 0.3 is 0 Å². The third kappa shape index (κ3) is 3.80. The number of aromatic nitrogens is 1. The van der Waals surface area contributed by atoms with E-state index < -0.39 is 0 Å². The van der Waals surface area contributed by atoms with Crippen LogP contribution in [0.4, 0.5) is 0 Å². The number of methoxy groups -OCH3 is 1. The third-order valence-corrected chi connectivity index (χ3v) is 4.56. The number of halogens is 1. The molecule has 3 heterocycles. The minimum atomic E-state index is -0.0288. The standard InChI is InChI=1S/C15H23N3O3.ClH/c1-20-10-12-9-14(17-21-12)15(19)18-7-4-11(5-8-18)13-3-2-6-16-13;/h9,11,13,16H,2-8,10H2,1H3;1H. The molecule has 22 heavy (non-hydrogen) atoms. The average Bonchev–Trinajstić information content (AvgIpc) is 3.19. The van der Waals surface area contributed by atoms with Crippen LogP contribution in [0.5, 0.6) is 0 Å².